The molecule has 3 spiro atoms. The molecule has 202 valence electrons. The molecule has 5 aliphatic carbocycles. The van der Waals surface area contributed by atoms with E-state index in [0.29, 0.717) is 12.8 Å². The summed E-state index contributed by atoms with van der Waals surface area (Å²) in [6.07, 6.45) is 1.69. The third-order valence-corrected chi connectivity index (χ3v) is 12.2. The molecule has 0 radical (unpaired) electrons. The van der Waals surface area contributed by atoms with E-state index >= 15 is 0 Å². The Labute approximate surface area is 213 Å². The third-order valence-electron chi connectivity index (χ3n) is 12.2. The van der Waals surface area contributed by atoms with Crippen LogP contribution in [0.15, 0.2) is 0 Å². The molecule has 0 amide bonds. The van der Waals surface area contributed by atoms with Crippen LogP contribution in [-0.4, -0.2) is 104 Å². The molecular weight excluding hydrogens is 466 g/mol. The van der Waals surface area contributed by atoms with Crippen molar-refractivity contribution in [3.05, 3.63) is 0 Å². The summed E-state index contributed by atoms with van der Waals surface area (Å²) in [5.41, 5.74) is -3.94. The standard InChI is InChI=1S/C27H41NO8/c1-7-28-12-23(3)9-8-17(32-5)26-20(23)21(36-14(2)29)27(22(26)28)25(34-13-35-27)11-16(31-4)15-10-24(26,30)19(25)18(15)33-6/h15-22,30H,7-13H2,1-6H3/t15-,16-,17-,18?,19-,20+,21-,22?,23-,24-,25+,26?,27?/m0/s1. The zero-order valence-corrected chi connectivity index (χ0v) is 22.3. The fourth-order valence-electron chi connectivity index (χ4n) is 11.7. The molecule has 2 heterocycles. The zero-order chi connectivity index (χ0) is 25.5. The number of likely N-dealkylation sites (N-methyl/N-ethyl adjacent to an activating group) is 1. The van der Waals surface area contributed by atoms with Crippen LogP contribution in [0, 0.1) is 28.6 Å². The minimum atomic E-state index is -1.16. The first-order valence-electron chi connectivity index (χ1n) is 13.7. The van der Waals surface area contributed by atoms with Crippen LogP contribution in [0.25, 0.3) is 0 Å². The number of carbonyl (C=O) groups excluding carboxylic acids is 1. The number of methoxy groups -OCH3 is 3. The van der Waals surface area contributed by atoms with Gasteiger partial charge in [-0.25, -0.2) is 0 Å². The Hall–Kier alpha value is -0.810. The number of esters is 1. The smallest absolute Gasteiger partial charge is 0.303 e. The molecule has 9 heteroatoms. The number of aliphatic hydroxyl groups is 1. The first kappa shape index (κ1) is 24.2. The number of carbonyl (C=O) groups is 1. The van der Waals surface area contributed by atoms with Gasteiger partial charge in [-0.3, -0.25) is 9.69 Å². The van der Waals surface area contributed by atoms with Gasteiger partial charge in [-0.05, 0) is 31.2 Å². The number of ether oxygens (including phenoxy) is 6. The second-order valence-corrected chi connectivity index (χ2v) is 12.9. The topological polar surface area (TPSA) is 95.9 Å². The molecule has 5 saturated carbocycles. The van der Waals surface area contributed by atoms with Crippen molar-refractivity contribution in [3.63, 3.8) is 0 Å². The highest BCUT2D eigenvalue weighted by Crippen LogP contribution is 2.83. The molecule has 0 aromatic heterocycles. The zero-order valence-electron chi connectivity index (χ0n) is 22.3. The van der Waals surface area contributed by atoms with Crippen LogP contribution in [0.2, 0.25) is 0 Å². The van der Waals surface area contributed by atoms with Gasteiger partial charge in [-0.2, -0.15) is 0 Å². The van der Waals surface area contributed by atoms with Crippen LogP contribution >= 0.6 is 0 Å². The van der Waals surface area contributed by atoms with Gasteiger partial charge in [-0.15, -0.1) is 0 Å². The monoisotopic (exact) mass is 507 g/mol. The quantitative estimate of drug-likeness (QED) is 0.553. The van der Waals surface area contributed by atoms with Crippen molar-refractivity contribution in [2.24, 2.45) is 28.6 Å². The summed E-state index contributed by atoms with van der Waals surface area (Å²) in [6, 6.07) is -0.224. The van der Waals surface area contributed by atoms with Crippen molar-refractivity contribution >= 4 is 5.97 Å². The molecular formula is C27H41NO8. The maximum absolute atomic E-state index is 13.4. The van der Waals surface area contributed by atoms with E-state index in [1.807, 2.05) is 0 Å². The summed E-state index contributed by atoms with van der Waals surface area (Å²) >= 11 is 0. The maximum Gasteiger partial charge on any atom is 0.303 e. The molecule has 1 N–H and O–H groups in total. The van der Waals surface area contributed by atoms with Gasteiger partial charge >= 0.3 is 5.97 Å². The van der Waals surface area contributed by atoms with Crippen molar-refractivity contribution in [2.75, 3.05) is 41.2 Å². The molecule has 7 fully saturated rings. The molecule has 7 aliphatic rings. The molecule has 7 bridgehead atoms. The number of likely N-dealkylation sites (tertiary alicyclic amines) is 1. The number of hydrogen-bond acceptors (Lipinski definition) is 9. The highest BCUT2D eigenvalue weighted by atomic mass is 16.7. The van der Waals surface area contributed by atoms with E-state index in [-0.39, 0.29) is 60.3 Å². The summed E-state index contributed by atoms with van der Waals surface area (Å²) in [5, 5.41) is 13.4. The Morgan fingerprint density at radius 1 is 1.11 bits per heavy atom. The van der Waals surface area contributed by atoms with Gasteiger partial charge in [0.05, 0.1) is 35.4 Å². The third kappa shape index (κ3) is 2.16. The van der Waals surface area contributed by atoms with Crippen LogP contribution < -0.4 is 0 Å². The lowest BCUT2D eigenvalue weighted by Gasteiger charge is -2.71. The van der Waals surface area contributed by atoms with Crippen LogP contribution in [0.1, 0.15) is 46.5 Å². The number of rotatable bonds is 5. The van der Waals surface area contributed by atoms with Gasteiger partial charge in [-0.1, -0.05) is 13.8 Å². The molecule has 7 rings (SSSR count). The average Bonchev–Trinajstić information content (AvgIpc) is 3.40. The summed E-state index contributed by atoms with van der Waals surface area (Å²) in [7, 11) is 5.23. The van der Waals surface area contributed by atoms with Gasteiger partial charge < -0.3 is 33.5 Å². The Morgan fingerprint density at radius 3 is 2.53 bits per heavy atom. The van der Waals surface area contributed by atoms with Gasteiger partial charge in [0.2, 0.25) is 0 Å². The fourth-order valence-corrected chi connectivity index (χ4v) is 11.7. The van der Waals surface area contributed by atoms with E-state index in [1.165, 1.54) is 6.92 Å². The first-order chi connectivity index (χ1) is 17.2. The lowest BCUT2D eigenvalue weighted by molar-refractivity contribution is -0.332. The van der Waals surface area contributed by atoms with Gasteiger partial charge in [0, 0.05) is 59.0 Å². The maximum atomic E-state index is 13.4. The van der Waals surface area contributed by atoms with Crippen molar-refractivity contribution in [2.45, 2.75) is 93.7 Å². The van der Waals surface area contributed by atoms with Gasteiger partial charge in [0.25, 0.3) is 0 Å². The molecule has 4 unspecified atom stereocenters. The molecule has 13 atom stereocenters. The molecule has 2 saturated heterocycles. The summed E-state index contributed by atoms with van der Waals surface area (Å²) < 4.78 is 38.7. The largest absolute Gasteiger partial charge is 0.459 e. The fraction of sp³-hybridized carbons (Fsp3) is 0.963. The second kappa shape index (κ2) is 7.23. The SMILES string of the molecule is CCN1C[C@]2(C)CC[C@H](OC)C34C1C1(OCO[C@@]15C[C@H](OC)[C@@H]1C[C@]3(O)[C@@H]5C1OC)[C@@H](OC(C)=O)[C@@H]42. The van der Waals surface area contributed by atoms with Crippen LogP contribution in [0.3, 0.4) is 0 Å². The predicted molar refractivity (Wildman–Crippen MR) is 126 cm³/mol. The average molecular weight is 508 g/mol. The van der Waals surface area contributed by atoms with Crippen molar-refractivity contribution in [1.29, 1.82) is 0 Å². The van der Waals surface area contributed by atoms with E-state index in [4.69, 9.17) is 28.4 Å². The number of piperidine rings is 1. The van der Waals surface area contributed by atoms with Gasteiger partial charge in [0.15, 0.2) is 5.60 Å². The lowest BCUT2D eigenvalue weighted by atomic mass is 9.41. The Morgan fingerprint density at radius 2 is 1.89 bits per heavy atom. The highest BCUT2D eigenvalue weighted by molar-refractivity contribution is 5.67. The molecule has 2 aliphatic heterocycles. The summed E-state index contributed by atoms with van der Waals surface area (Å²) in [4.78, 5) is 15.3. The highest BCUT2D eigenvalue weighted by Gasteiger charge is 2.97. The van der Waals surface area contributed by atoms with Crippen LogP contribution in [0.5, 0.6) is 0 Å². The minimum Gasteiger partial charge on any atom is -0.459 e. The van der Waals surface area contributed by atoms with E-state index in [9.17, 15) is 9.90 Å². The number of nitrogens with zero attached hydrogens (tertiary/aromatic N) is 1. The van der Waals surface area contributed by atoms with Crippen molar-refractivity contribution in [3.8, 4) is 0 Å². The van der Waals surface area contributed by atoms with Gasteiger partial charge in [0.1, 0.15) is 18.5 Å². The summed E-state index contributed by atoms with van der Waals surface area (Å²) in [5.74, 6) is -0.771. The Kier molecular flexibility index (Phi) is 4.87. The van der Waals surface area contributed by atoms with E-state index in [2.05, 4.69) is 18.7 Å². The van der Waals surface area contributed by atoms with E-state index in [1.54, 1.807) is 21.3 Å². The van der Waals surface area contributed by atoms with E-state index < -0.39 is 28.3 Å². The minimum absolute atomic E-state index is 0.0317. The first-order valence-corrected chi connectivity index (χ1v) is 13.7. The Bertz CT molecular complexity index is 979. The molecule has 0 aromatic carbocycles. The van der Waals surface area contributed by atoms with Crippen molar-refractivity contribution < 1.29 is 38.3 Å². The van der Waals surface area contributed by atoms with E-state index in [0.717, 1.165) is 25.9 Å². The number of fused-ring (bicyclic) bond motifs is 1. The molecule has 9 nitrogen and oxygen atoms in total. The molecule has 0 aromatic rings. The van der Waals surface area contributed by atoms with Crippen molar-refractivity contribution in [1.82, 2.24) is 4.90 Å². The number of hydrogen-bond donors (Lipinski definition) is 1. The normalized spacial score (nSPS) is 60.2. The summed E-state index contributed by atoms with van der Waals surface area (Å²) in [6.45, 7) is 7.72. The van der Waals surface area contributed by atoms with Crippen LogP contribution in [-0.2, 0) is 33.2 Å². The Balaban J connectivity index is 1.61. The lowest BCUT2D eigenvalue weighted by Crippen LogP contribution is -2.85. The van der Waals surface area contributed by atoms with Crippen LogP contribution in [0.4, 0.5) is 0 Å². The second-order valence-electron chi connectivity index (χ2n) is 12.9. The predicted octanol–water partition coefficient (Wildman–Crippen LogP) is 1.35. The molecule has 36 heavy (non-hydrogen) atoms.